The number of ether oxygens (including phenoxy) is 2. The fraction of sp³-hybridized carbons (Fsp3) is 0.292. The number of benzene rings is 2. The molecule has 1 N–H and O–H groups in total. The van der Waals surface area contributed by atoms with Crippen molar-refractivity contribution in [2.45, 2.75) is 23.4 Å². The molecule has 1 atom stereocenters. The van der Waals surface area contributed by atoms with Crippen LogP contribution >= 0.6 is 0 Å². The predicted octanol–water partition coefficient (Wildman–Crippen LogP) is 3.57. The first-order chi connectivity index (χ1) is 17.6. The summed E-state index contributed by atoms with van der Waals surface area (Å²) in [4.78, 5) is 21.5. The number of rotatable bonds is 5. The van der Waals surface area contributed by atoms with Gasteiger partial charge in [-0.3, -0.25) is 4.79 Å². The molecule has 0 aliphatic carbocycles. The Hall–Kier alpha value is -3.71. The van der Waals surface area contributed by atoms with Crippen LogP contribution in [0.4, 0.5) is 24.8 Å². The van der Waals surface area contributed by atoms with E-state index >= 15 is 0 Å². The molecule has 0 saturated carbocycles. The molecule has 0 radical (unpaired) electrons. The smallest absolute Gasteiger partial charge is 0.416 e. The van der Waals surface area contributed by atoms with Gasteiger partial charge in [-0.2, -0.15) is 13.2 Å². The summed E-state index contributed by atoms with van der Waals surface area (Å²) < 4.78 is 79.5. The van der Waals surface area contributed by atoms with E-state index in [-0.39, 0.29) is 48.6 Å². The van der Waals surface area contributed by atoms with E-state index in [1.807, 2.05) is 0 Å². The second kappa shape index (κ2) is 9.63. The number of halogens is 3. The van der Waals surface area contributed by atoms with Gasteiger partial charge in [-0.1, -0.05) is 12.1 Å². The third kappa shape index (κ3) is 5.09. The highest BCUT2D eigenvalue weighted by molar-refractivity contribution is 7.92. The van der Waals surface area contributed by atoms with Crippen molar-refractivity contribution < 1.29 is 35.9 Å². The number of morpholine rings is 1. The monoisotopic (exact) mass is 534 g/mol. The van der Waals surface area contributed by atoms with Gasteiger partial charge in [0.15, 0.2) is 0 Å². The summed E-state index contributed by atoms with van der Waals surface area (Å²) in [5.41, 5.74) is 0.399. The molecule has 194 valence electrons. The second-order valence-corrected chi connectivity index (χ2v) is 10.1. The van der Waals surface area contributed by atoms with Crippen molar-refractivity contribution in [1.82, 2.24) is 9.97 Å². The molecule has 3 heterocycles. The number of carbonyl (C=O) groups excluding carboxylic acids is 1. The molecule has 1 fully saturated rings. The van der Waals surface area contributed by atoms with Gasteiger partial charge in [-0.25, -0.2) is 23.1 Å². The summed E-state index contributed by atoms with van der Waals surface area (Å²) >= 11 is 0. The SMILES string of the molecule is O=C1COCCN1c1cc(C(F)(F)F)ccc1[C@H]1CCOc2cc(S(=O)(=O)Nc3ncccn3)ccc21. The Labute approximate surface area is 210 Å². The van der Waals surface area contributed by atoms with Gasteiger partial charge in [0.05, 0.1) is 23.7 Å². The molecule has 37 heavy (non-hydrogen) atoms. The molecule has 1 amide bonds. The number of fused-ring (bicyclic) bond motifs is 1. The molecule has 0 unspecified atom stereocenters. The normalized spacial score (nSPS) is 18.2. The molecule has 13 heteroatoms. The van der Waals surface area contributed by atoms with E-state index in [0.29, 0.717) is 17.5 Å². The molecule has 2 aliphatic heterocycles. The first-order valence-electron chi connectivity index (χ1n) is 11.3. The number of aromatic nitrogens is 2. The lowest BCUT2D eigenvalue weighted by atomic mass is 9.85. The highest BCUT2D eigenvalue weighted by Crippen LogP contribution is 2.44. The minimum Gasteiger partial charge on any atom is -0.493 e. The standard InChI is InChI=1S/C24H21F3N4O5S/c25-24(26,27)15-2-4-18(20(12-15)31-9-11-35-14-22(31)32)17-6-10-36-21-13-16(3-5-19(17)21)37(33,34)30-23-28-7-1-8-29-23/h1-5,7-8,12-13,17H,6,9-11,14H2,(H,28,29,30)/t17-/m1/s1. The molecular weight excluding hydrogens is 513 g/mol. The van der Waals surface area contributed by atoms with E-state index in [1.165, 1.54) is 35.5 Å². The van der Waals surface area contributed by atoms with E-state index in [9.17, 15) is 26.4 Å². The maximum Gasteiger partial charge on any atom is 0.416 e. The number of sulfonamides is 1. The highest BCUT2D eigenvalue weighted by atomic mass is 32.2. The molecule has 5 rings (SSSR count). The van der Waals surface area contributed by atoms with Crippen molar-refractivity contribution >= 4 is 27.6 Å². The number of hydrogen-bond donors (Lipinski definition) is 1. The molecular formula is C24H21F3N4O5S. The summed E-state index contributed by atoms with van der Waals surface area (Å²) in [6.07, 6.45) is -1.38. The van der Waals surface area contributed by atoms with Crippen molar-refractivity contribution in [2.75, 3.05) is 36.0 Å². The average Bonchev–Trinajstić information content (AvgIpc) is 2.88. The number of amides is 1. The van der Waals surface area contributed by atoms with Gasteiger partial charge in [0.25, 0.3) is 15.9 Å². The first-order valence-corrected chi connectivity index (χ1v) is 12.8. The third-order valence-corrected chi connectivity index (χ3v) is 7.46. The topological polar surface area (TPSA) is 111 Å². The van der Waals surface area contributed by atoms with E-state index < -0.39 is 33.6 Å². The zero-order chi connectivity index (χ0) is 26.2. The second-order valence-electron chi connectivity index (χ2n) is 8.44. The van der Waals surface area contributed by atoms with Gasteiger partial charge in [-0.15, -0.1) is 0 Å². The molecule has 0 bridgehead atoms. The Morgan fingerprint density at radius 3 is 2.51 bits per heavy atom. The highest BCUT2D eigenvalue weighted by Gasteiger charge is 2.35. The third-order valence-electron chi connectivity index (χ3n) is 6.14. The van der Waals surface area contributed by atoms with Gasteiger partial charge >= 0.3 is 6.18 Å². The number of hydrogen-bond acceptors (Lipinski definition) is 7. The summed E-state index contributed by atoms with van der Waals surface area (Å²) in [7, 11) is -4.03. The summed E-state index contributed by atoms with van der Waals surface area (Å²) in [5, 5.41) is 0. The maximum atomic E-state index is 13.5. The lowest BCUT2D eigenvalue weighted by Gasteiger charge is -2.33. The van der Waals surface area contributed by atoms with Gasteiger partial charge in [0.2, 0.25) is 5.95 Å². The van der Waals surface area contributed by atoms with Gasteiger partial charge < -0.3 is 14.4 Å². The molecule has 2 aliphatic rings. The van der Waals surface area contributed by atoms with Crippen LogP contribution in [0, 0.1) is 0 Å². The van der Waals surface area contributed by atoms with Crippen LogP contribution < -0.4 is 14.4 Å². The fourth-order valence-electron chi connectivity index (χ4n) is 4.41. The molecule has 0 spiro atoms. The van der Waals surface area contributed by atoms with Crippen molar-refractivity contribution in [1.29, 1.82) is 0 Å². The van der Waals surface area contributed by atoms with E-state index in [4.69, 9.17) is 9.47 Å². The Morgan fingerprint density at radius 1 is 1.03 bits per heavy atom. The molecule has 1 saturated heterocycles. The lowest BCUT2D eigenvalue weighted by molar-refractivity contribution is -0.137. The number of nitrogens with one attached hydrogen (secondary N) is 1. The average molecular weight is 535 g/mol. The van der Waals surface area contributed by atoms with Crippen molar-refractivity contribution in [3.05, 3.63) is 71.5 Å². The molecule has 3 aromatic rings. The van der Waals surface area contributed by atoms with Crippen LogP contribution in [0.25, 0.3) is 0 Å². The van der Waals surface area contributed by atoms with Crippen LogP contribution in [0.15, 0.2) is 59.8 Å². The van der Waals surface area contributed by atoms with Crippen LogP contribution in [-0.2, 0) is 25.7 Å². The number of carbonyl (C=O) groups is 1. The van der Waals surface area contributed by atoms with Gasteiger partial charge in [-0.05, 0) is 36.2 Å². The van der Waals surface area contributed by atoms with Gasteiger partial charge in [0.1, 0.15) is 12.4 Å². The first kappa shape index (κ1) is 25.0. The number of nitrogens with zero attached hydrogens (tertiary/aromatic N) is 3. The minimum absolute atomic E-state index is 0.0876. The molecule has 2 aromatic carbocycles. The fourth-order valence-corrected chi connectivity index (χ4v) is 5.39. The predicted molar refractivity (Wildman–Crippen MR) is 126 cm³/mol. The Morgan fingerprint density at radius 2 is 1.78 bits per heavy atom. The van der Waals surface area contributed by atoms with Crippen LogP contribution in [0.3, 0.4) is 0 Å². The maximum absolute atomic E-state index is 13.5. The molecule has 9 nitrogen and oxygen atoms in total. The number of anilines is 2. The van der Waals surface area contributed by atoms with Gasteiger partial charge in [0, 0.05) is 42.2 Å². The number of alkyl halides is 3. The Kier molecular flexibility index (Phi) is 6.50. The summed E-state index contributed by atoms with van der Waals surface area (Å²) in [5.74, 6) is -0.676. The summed E-state index contributed by atoms with van der Waals surface area (Å²) in [6.45, 7) is 0.298. The Bertz CT molecular complexity index is 1430. The van der Waals surface area contributed by atoms with Crippen LogP contribution in [-0.4, -0.2) is 50.7 Å². The van der Waals surface area contributed by atoms with Crippen molar-refractivity contribution in [3.63, 3.8) is 0 Å². The molecule has 1 aromatic heterocycles. The van der Waals surface area contributed by atoms with E-state index in [0.717, 1.165) is 12.1 Å². The van der Waals surface area contributed by atoms with E-state index in [1.54, 1.807) is 12.1 Å². The van der Waals surface area contributed by atoms with Crippen molar-refractivity contribution in [3.8, 4) is 5.75 Å². The van der Waals surface area contributed by atoms with Crippen LogP contribution in [0.1, 0.15) is 29.0 Å². The Balaban J connectivity index is 1.54. The lowest BCUT2D eigenvalue weighted by Crippen LogP contribution is -2.42. The zero-order valence-corrected chi connectivity index (χ0v) is 20.1. The zero-order valence-electron chi connectivity index (χ0n) is 19.2. The quantitative estimate of drug-likeness (QED) is 0.533. The van der Waals surface area contributed by atoms with Crippen LogP contribution in [0.5, 0.6) is 5.75 Å². The van der Waals surface area contributed by atoms with Crippen molar-refractivity contribution in [2.24, 2.45) is 0 Å². The largest absolute Gasteiger partial charge is 0.493 e. The minimum atomic E-state index is -4.59. The van der Waals surface area contributed by atoms with Crippen LogP contribution in [0.2, 0.25) is 0 Å². The summed E-state index contributed by atoms with van der Waals surface area (Å²) in [6, 6.07) is 9.20. The van der Waals surface area contributed by atoms with E-state index in [2.05, 4.69) is 14.7 Å².